The Bertz CT molecular complexity index is 450. The van der Waals surface area contributed by atoms with Crippen molar-refractivity contribution in [2.45, 2.75) is 4.21 Å². The van der Waals surface area contributed by atoms with Crippen molar-refractivity contribution in [1.29, 1.82) is 0 Å². The predicted molar refractivity (Wildman–Crippen MR) is 70.7 cm³/mol. The van der Waals surface area contributed by atoms with Crippen LogP contribution in [0.25, 0.3) is 10.1 Å². The molecule has 0 spiro atoms. The van der Waals surface area contributed by atoms with Gasteiger partial charge in [-0.05, 0) is 47.0 Å². The number of rotatable bonds is 1. The maximum Gasteiger partial charge on any atom is 0.0742 e. The Morgan fingerprint density at radius 1 is 1.46 bits per heavy atom. The number of anilines is 1. The van der Waals surface area contributed by atoms with E-state index in [-0.39, 0.29) is 0 Å². The van der Waals surface area contributed by atoms with Gasteiger partial charge in [-0.1, -0.05) is 0 Å². The normalized spacial score (nSPS) is 10.9. The number of fused-ring (bicyclic) bond motifs is 1. The number of halogens is 1. The first kappa shape index (κ1) is 9.61. The molecular weight excluding hydrogens is 313 g/mol. The van der Waals surface area contributed by atoms with Crippen LogP contribution in [0, 0.1) is 3.57 Å². The van der Waals surface area contributed by atoms with Crippen molar-refractivity contribution in [3.8, 4) is 0 Å². The lowest BCUT2D eigenvalue weighted by molar-refractivity contribution is 1.67. The van der Waals surface area contributed by atoms with E-state index in [1.165, 1.54) is 17.9 Å². The number of hydrogen-bond acceptors (Lipinski definition) is 3. The number of thioether (sulfide) groups is 1. The molecule has 0 amide bonds. The third-order valence-electron chi connectivity index (χ3n) is 1.81. The summed E-state index contributed by atoms with van der Waals surface area (Å²) in [6.07, 6.45) is 2.11. The fourth-order valence-electron chi connectivity index (χ4n) is 1.19. The van der Waals surface area contributed by atoms with Crippen molar-refractivity contribution in [1.82, 2.24) is 0 Å². The molecule has 0 atom stereocenters. The quantitative estimate of drug-likeness (QED) is 0.491. The Hall–Kier alpha value is 0.0600. The lowest BCUT2D eigenvalue weighted by Crippen LogP contribution is -1.82. The van der Waals surface area contributed by atoms with Gasteiger partial charge < -0.3 is 5.73 Å². The van der Waals surface area contributed by atoms with Gasteiger partial charge in [0, 0.05) is 19.3 Å². The maximum atomic E-state index is 5.74. The number of nitrogen functional groups attached to an aromatic ring is 1. The van der Waals surface area contributed by atoms with E-state index in [9.17, 15) is 0 Å². The molecule has 1 aromatic heterocycles. The fraction of sp³-hybridized carbons (Fsp3) is 0.111. The minimum absolute atomic E-state index is 0.843. The second-order valence-corrected chi connectivity index (χ2v) is 5.87. The van der Waals surface area contributed by atoms with Gasteiger partial charge in [0.25, 0.3) is 0 Å². The Kier molecular flexibility index (Phi) is 2.71. The zero-order chi connectivity index (χ0) is 9.42. The highest BCUT2D eigenvalue weighted by molar-refractivity contribution is 14.1. The average Bonchev–Trinajstić information content (AvgIpc) is 2.44. The Balaban J connectivity index is 2.77. The summed E-state index contributed by atoms with van der Waals surface area (Å²) < 4.78 is 4.03. The van der Waals surface area contributed by atoms with E-state index in [4.69, 9.17) is 5.73 Å². The summed E-state index contributed by atoms with van der Waals surface area (Å²) in [6.45, 7) is 0. The highest BCUT2D eigenvalue weighted by Crippen LogP contribution is 2.38. The highest BCUT2D eigenvalue weighted by atomic mass is 127. The van der Waals surface area contributed by atoms with Crippen molar-refractivity contribution in [3.05, 3.63) is 21.8 Å². The van der Waals surface area contributed by atoms with Crippen LogP contribution >= 0.6 is 45.7 Å². The van der Waals surface area contributed by atoms with E-state index in [0.717, 1.165) is 5.69 Å². The monoisotopic (exact) mass is 321 g/mol. The van der Waals surface area contributed by atoms with Gasteiger partial charge in [-0.3, -0.25) is 0 Å². The third kappa shape index (κ3) is 1.67. The molecule has 0 saturated heterocycles. The van der Waals surface area contributed by atoms with E-state index in [1.54, 1.807) is 11.8 Å². The van der Waals surface area contributed by atoms with Crippen LogP contribution in [0.2, 0.25) is 0 Å². The van der Waals surface area contributed by atoms with E-state index in [1.807, 2.05) is 23.5 Å². The van der Waals surface area contributed by atoms with Crippen LogP contribution in [-0.2, 0) is 0 Å². The number of nitrogens with two attached hydrogens (primary N) is 1. The van der Waals surface area contributed by atoms with Gasteiger partial charge in [0.2, 0.25) is 0 Å². The molecule has 13 heavy (non-hydrogen) atoms. The number of benzene rings is 1. The molecule has 1 aromatic carbocycles. The Labute approximate surface area is 98.8 Å². The van der Waals surface area contributed by atoms with Gasteiger partial charge in [-0.15, -0.1) is 23.1 Å². The average molecular weight is 321 g/mol. The Morgan fingerprint density at radius 2 is 2.23 bits per heavy atom. The molecule has 0 radical (unpaired) electrons. The molecule has 1 nitrogen and oxygen atoms in total. The largest absolute Gasteiger partial charge is 0.399 e. The highest BCUT2D eigenvalue weighted by Gasteiger charge is 2.08. The summed E-state index contributed by atoms with van der Waals surface area (Å²) >= 11 is 6.01. The van der Waals surface area contributed by atoms with E-state index in [0.29, 0.717) is 0 Å². The van der Waals surface area contributed by atoms with Crippen LogP contribution in [0.15, 0.2) is 22.4 Å². The molecule has 0 bridgehead atoms. The molecule has 68 valence electrons. The van der Waals surface area contributed by atoms with E-state index < -0.39 is 0 Å². The number of hydrogen-bond donors (Lipinski definition) is 1. The van der Waals surface area contributed by atoms with Gasteiger partial charge in [0.05, 0.1) is 4.21 Å². The molecule has 2 N–H and O–H groups in total. The predicted octanol–water partition coefficient (Wildman–Crippen LogP) is 3.81. The molecule has 1 heterocycles. The standard InChI is InChI=1S/C9H8INS2/c1-12-9-8(10)6-4-5(11)2-3-7(6)13-9/h2-4H,11H2,1H3. The van der Waals surface area contributed by atoms with Crippen LogP contribution in [0.4, 0.5) is 5.69 Å². The van der Waals surface area contributed by atoms with E-state index in [2.05, 4.69) is 34.9 Å². The van der Waals surface area contributed by atoms with Gasteiger partial charge in [-0.25, -0.2) is 0 Å². The van der Waals surface area contributed by atoms with Crippen molar-refractivity contribution in [2.24, 2.45) is 0 Å². The van der Waals surface area contributed by atoms with Crippen LogP contribution in [0.1, 0.15) is 0 Å². The molecule has 0 aliphatic heterocycles. The molecule has 2 aromatic rings. The molecule has 4 heteroatoms. The summed E-state index contributed by atoms with van der Waals surface area (Å²) in [5.41, 5.74) is 6.58. The number of thiophene rings is 1. The smallest absolute Gasteiger partial charge is 0.0742 e. The first-order valence-electron chi connectivity index (χ1n) is 3.74. The molecule has 0 aliphatic rings. The summed E-state index contributed by atoms with van der Waals surface area (Å²) in [5.74, 6) is 0. The molecule has 2 rings (SSSR count). The topological polar surface area (TPSA) is 26.0 Å². The van der Waals surface area contributed by atoms with Crippen LogP contribution < -0.4 is 5.73 Å². The molecule has 0 aliphatic carbocycles. The van der Waals surface area contributed by atoms with Gasteiger partial charge in [0.15, 0.2) is 0 Å². The van der Waals surface area contributed by atoms with Gasteiger partial charge >= 0.3 is 0 Å². The maximum absolute atomic E-state index is 5.74. The van der Waals surface area contributed by atoms with Crippen LogP contribution in [-0.4, -0.2) is 6.26 Å². The lowest BCUT2D eigenvalue weighted by atomic mass is 10.2. The van der Waals surface area contributed by atoms with E-state index >= 15 is 0 Å². The summed E-state index contributed by atoms with van der Waals surface area (Å²) in [6, 6.07) is 6.10. The van der Waals surface area contributed by atoms with Crippen LogP contribution in [0.3, 0.4) is 0 Å². The molecule has 0 saturated carbocycles. The SMILES string of the molecule is CSc1sc2ccc(N)cc2c1I. The van der Waals surface area contributed by atoms with Crippen molar-refractivity contribution < 1.29 is 0 Å². The minimum Gasteiger partial charge on any atom is -0.399 e. The second kappa shape index (κ2) is 3.67. The molecule has 0 unspecified atom stereocenters. The zero-order valence-electron chi connectivity index (χ0n) is 7.00. The van der Waals surface area contributed by atoms with Gasteiger partial charge in [0.1, 0.15) is 0 Å². The van der Waals surface area contributed by atoms with Crippen molar-refractivity contribution in [3.63, 3.8) is 0 Å². The second-order valence-electron chi connectivity index (χ2n) is 2.66. The summed E-state index contributed by atoms with van der Waals surface area (Å²) in [5, 5.41) is 1.29. The summed E-state index contributed by atoms with van der Waals surface area (Å²) in [4.78, 5) is 0. The van der Waals surface area contributed by atoms with Crippen molar-refractivity contribution in [2.75, 3.05) is 12.0 Å². The first-order valence-corrected chi connectivity index (χ1v) is 6.86. The third-order valence-corrected chi connectivity index (χ3v) is 5.95. The van der Waals surface area contributed by atoms with Crippen molar-refractivity contribution >= 4 is 61.5 Å². The molecular formula is C9H8INS2. The zero-order valence-corrected chi connectivity index (χ0v) is 10.8. The Morgan fingerprint density at radius 3 is 2.92 bits per heavy atom. The fourth-order valence-corrected chi connectivity index (χ4v) is 4.51. The lowest BCUT2D eigenvalue weighted by Gasteiger charge is -1.93. The first-order chi connectivity index (χ1) is 6.22. The minimum atomic E-state index is 0.843. The summed E-state index contributed by atoms with van der Waals surface area (Å²) in [7, 11) is 0. The van der Waals surface area contributed by atoms with Crippen LogP contribution in [0.5, 0.6) is 0 Å². The molecule has 0 fully saturated rings. The van der Waals surface area contributed by atoms with Gasteiger partial charge in [-0.2, -0.15) is 0 Å².